The van der Waals surface area contributed by atoms with Crippen molar-refractivity contribution in [1.29, 1.82) is 0 Å². The van der Waals surface area contributed by atoms with Gasteiger partial charge in [-0.05, 0) is 83.5 Å². The van der Waals surface area contributed by atoms with Gasteiger partial charge >= 0.3 is 17.9 Å². The van der Waals surface area contributed by atoms with Crippen molar-refractivity contribution < 1.29 is 28.6 Å². The molecule has 0 rings (SSSR count). The topological polar surface area (TPSA) is 78.9 Å². The summed E-state index contributed by atoms with van der Waals surface area (Å²) in [6.07, 6.45) is 89.9. The molecule has 0 aromatic carbocycles. The Morgan fingerprint density at radius 2 is 0.439 bits per heavy atom. The van der Waals surface area contributed by atoms with Crippen molar-refractivity contribution in [2.75, 3.05) is 13.2 Å². The lowest BCUT2D eigenvalue weighted by molar-refractivity contribution is -0.167. The summed E-state index contributed by atoms with van der Waals surface area (Å²) >= 11 is 0. The summed E-state index contributed by atoms with van der Waals surface area (Å²) in [4.78, 5) is 38.5. The zero-order valence-corrected chi connectivity index (χ0v) is 55.3. The molecule has 0 aromatic rings. The van der Waals surface area contributed by atoms with Crippen LogP contribution in [0.15, 0.2) is 48.6 Å². The first kappa shape index (κ1) is 79.4. The lowest BCUT2D eigenvalue weighted by Gasteiger charge is -2.18. The Balaban J connectivity index is 4.32. The minimum atomic E-state index is -0.776. The van der Waals surface area contributed by atoms with Crippen LogP contribution in [0.25, 0.3) is 0 Å². The van der Waals surface area contributed by atoms with Crippen molar-refractivity contribution in [3.05, 3.63) is 48.6 Å². The van der Waals surface area contributed by atoms with Crippen LogP contribution in [-0.2, 0) is 28.6 Å². The Hall–Kier alpha value is -2.63. The van der Waals surface area contributed by atoms with Gasteiger partial charge in [0.2, 0.25) is 0 Å². The van der Waals surface area contributed by atoms with E-state index in [0.29, 0.717) is 19.3 Å². The van der Waals surface area contributed by atoms with Gasteiger partial charge in [0.15, 0.2) is 6.10 Å². The average molecular weight is 1150 g/mol. The summed E-state index contributed by atoms with van der Waals surface area (Å²) in [5.41, 5.74) is 0. The standard InChI is InChI=1S/C76H140O6/c1-4-7-10-13-16-19-22-25-28-31-34-36-37-38-39-41-42-45-48-51-54-57-60-63-66-69-75(78)81-72-73(71-80-74(77)68-65-62-59-56-53-50-47-44-33-30-27-24-21-18-15-12-9-6-3)82-76(79)70-67-64-61-58-55-52-49-46-43-40-35-32-29-26-23-20-17-14-11-8-5-2/h22,25,30-31,33-34,37-38,73H,4-21,23-24,26-29,32,35-36,39-72H2,1-3H3/b25-22-,33-30-,34-31-,38-37-. The van der Waals surface area contributed by atoms with Gasteiger partial charge in [0.05, 0.1) is 0 Å². The Morgan fingerprint density at radius 3 is 0.695 bits per heavy atom. The van der Waals surface area contributed by atoms with Gasteiger partial charge in [-0.3, -0.25) is 14.4 Å². The van der Waals surface area contributed by atoms with Gasteiger partial charge in [-0.25, -0.2) is 0 Å². The smallest absolute Gasteiger partial charge is 0.306 e. The molecular weight excluding hydrogens is 1010 g/mol. The van der Waals surface area contributed by atoms with E-state index in [-0.39, 0.29) is 31.1 Å². The molecule has 480 valence electrons. The highest BCUT2D eigenvalue weighted by Crippen LogP contribution is 2.18. The molecule has 0 N–H and O–H groups in total. The minimum absolute atomic E-state index is 0.0721. The summed E-state index contributed by atoms with van der Waals surface area (Å²) in [6, 6.07) is 0. The van der Waals surface area contributed by atoms with Gasteiger partial charge < -0.3 is 14.2 Å². The van der Waals surface area contributed by atoms with Crippen molar-refractivity contribution in [2.24, 2.45) is 0 Å². The quantitative estimate of drug-likeness (QED) is 0.0261. The summed E-state index contributed by atoms with van der Waals surface area (Å²) < 4.78 is 17.0. The van der Waals surface area contributed by atoms with E-state index >= 15 is 0 Å². The number of ether oxygens (including phenoxy) is 3. The highest BCUT2D eigenvalue weighted by molar-refractivity contribution is 5.71. The van der Waals surface area contributed by atoms with Crippen LogP contribution in [-0.4, -0.2) is 37.2 Å². The molecule has 0 bridgehead atoms. The second kappa shape index (κ2) is 70.9. The third kappa shape index (κ3) is 68.2. The van der Waals surface area contributed by atoms with Gasteiger partial charge in [0.1, 0.15) is 13.2 Å². The first-order valence-electron chi connectivity index (χ1n) is 36.6. The predicted octanol–water partition coefficient (Wildman–Crippen LogP) is 25.3. The van der Waals surface area contributed by atoms with Crippen LogP contribution in [0.4, 0.5) is 0 Å². The Kier molecular flexibility index (Phi) is 68.6. The molecule has 0 amide bonds. The van der Waals surface area contributed by atoms with E-state index in [4.69, 9.17) is 14.2 Å². The number of carbonyl (C=O) groups is 3. The average Bonchev–Trinajstić information content (AvgIpc) is 3.47. The van der Waals surface area contributed by atoms with Gasteiger partial charge in [-0.15, -0.1) is 0 Å². The molecule has 1 unspecified atom stereocenters. The van der Waals surface area contributed by atoms with Gasteiger partial charge in [-0.1, -0.05) is 345 Å². The van der Waals surface area contributed by atoms with E-state index in [0.717, 1.165) is 70.6 Å². The molecule has 0 aromatic heterocycles. The fourth-order valence-electron chi connectivity index (χ4n) is 11.0. The molecule has 0 radical (unpaired) electrons. The fourth-order valence-corrected chi connectivity index (χ4v) is 11.0. The van der Waals surface area contributed by atoms with Crippen molar-refractivity contribution >= 4 is 17.9 Å². The van der Waals surface area contributed by atoms with Crippen LogP contribution in [0.1, 0.15) is 400 Å². The lowest BCUT2D eigenvalue weighted by atomic mass is 10.0. The maximum absolute atomic E-state index is 13.0. The monoisotopic (exact) mass is 1150 g/mol. The van der Waals surface area contributed by atoms with Crippen LogP contribution in [0.3, 0.4) is 0 Å². The van der Waals surface area contributed by atoms with Crippen molar-refractivity contribution in [1.82, 2.24) is 0 Å². The SMILES string of the molecule is CCCCCCC/C=C\C/C=C\C/C=C\CCCCCCCCCCCCC(=O)OCC(COC(=O)CCCCCCCCC/C=C\CCCCCCCCC)OC(=O)CCCCCCCCCCCCCCCCCCCCCCC. The third-order valence-corrected chi connectivity index (χ3v) is 16.6. The van der Waals surface area contributed by atoms with Crippen LogP contribution in [0.2, 0.25) is 0 Å². The summed E-state index contributed by atoms with van der Waals surface area (Å²) in [5.74, 6) is -0.850. The van der Waals surface area contributed by atoms with E-state index in [1.165, 1.54) is 289 Å². The highest BCUT2D eigenvalue weighted by Gasteiger charge is 2.19. The van der Waals surface area contributed by atoms with E-state index in [9.17, 15) is 14.4 Å². The normalized spacial score (nSPS) is 12.3. The third-order valence-electron chi connectivity index (χ3n) is 16.6. The van der Waals surface area contributed by atoms with E-state index < -0.39 is 6.10 Å². The zero-order chi connectivity index (χ0) is 59.2. The molecule has 0 saturated carbocycles. The fraction of sp³-hybridized carbons (Fsp3) is 0.855. The second-order valence-corrected chi connectivity index (χ2v) is 24.9. The number of hydrogen-bond acceptors (Lipinski definition) is 6. The Labute approximate surface area is 511 Å². The summed E-state index contributed by atoms with van der Waals surface area (Å²) in [6.45, 7) is 6.70. The van der Waals surface area contributed by atoms with E-state index in [2.05, 4.69) is 69.4 Å². The van der Waals surface area contributed by atoms with Crippen LogP contribution < -0.4 is 0 Å². The van der Waals surface area contributed by atoms with Gasteiger partial charge in [-0.2, -0.15) is 0 Å². The van der Waals surface area contributed by atoms with Crippen LogP contribution >= 0.6 is 0 Å². The summed E-state index contributed by atoms with van der Waals surface area (Å²) in [7, 11) is 0. The molecule has 0 spiro atoms. The molecule has 6 heteroatoms. The number of hydrogen-bond donors (Lipinski definition) is 0. The molecule has 0 aliphatic rings. The number of rotatable bonds is 68. The molecule has 6 nitrogen and oxygen atoms in total. The molecule has 1 atom stereocenters. The number of carbonyl (C=O) groups excluding carboxylic acids is 3. The molecule has 82 heavy (non-hydrogen) atoms. The molecular formula is C76H140O6. The number of allylic oxidation sites excluding steroid dienone is 8. The minimum Gasteiger partial charge on any atom is -0.462 e. The maximum atomic E-state index is 13.0. The molecule has 0 saturated heterocycles. The Morgan fingerprint density at radius 1 is 0.244 bits per heavy atom. The van der Waals surface area contributed by atoms with Crippen molar-refractivity contribution in [3.8, 4) is 0 Å². The predicted molar refractivity (Wildman–Crippen MR) is 358 cm³/mol. The van der Waals surface area contributed by atoms with Crippen molar-refractivity contribution in [3.63, 3.8) is 0 Å². The van der Waals surface area contributed by atoms with Gasteiger partial charge in [0, 0.05) is 19.3 Å². The van der Waals surface area contributed by atoms with Crippen LogP contribution in [0.5, 0.6) is 0 Å². The Bertz CT molecular complexity index is 1410. The van der Waals surface area contributed by atoms with Crippen LogP contribution in [0, 0.1) is 0 Å². The second-order valence-electron chi connectivity index (χ2n) is 24.9. The van der Waals surface area contributed by atoms with Crippen molar-refractivity contribution in [2.45, 2.75) is 406 Å². The first-order valence-corrected chi connectivity index (χ1v) is 36.6. The maximum Gasteiger partial charge on any atom is 0.306 e. The van der Waals surface area contributed by atoms with Gasteiger partial charge in [0.25, 0.3) is 0 Å². The van der Waals surface area contributed by atoms with E-state index in [1.807, 2.05) is 0 Å². The van der Waals surface area contributed by atoms with E-state index in [1.54, 1.807) is 0 Å². The lowest BCUT2D eigenvalue weighted by Crippen LogP contribution is -2.30. The molecule has 0 aliphatic heterocycles. The molecule has 0 heterocycles. The first-order chi connectivity index (χ1) is 40.5. The number of esters is 3. The largest absolute Gasteiger partial charge is 0.462 e. The molecule has 0 aliphatic carbocycles. The number of unbranched alkanes of at least 4 members (excludes halogenated alkanes) is 49. The zero-order valence-electron chi connectivity index (χ0n) is 55.3. The molecule has 0 fully saturated rings. The summed E-state index contributed by atoms with van der Waals surface area (Å²) in [5, 5.41) is 0. The highest BCUT2D eigenvalue weighted by atomic mass is 16.6.